The number of ether oxygens (including phenoxy) is 3. The van der Waals surface area contributed by atoms with Crippen molar-refractivity contribution in [2.45, 2.75) is 13.3 Å². The van der Waals surface area contributed by atoms with Gasteiger partial charge in [0.1, 0.15) is 17.1 Å². The fourth-order valence-electron chi connectivity index (χ4n) is 3.81. The molecule has 194 valence electrons. The second-order valence-corrected chi connectivity index (χ2v) is 12.5. The Hall–Kier alpha value is -2.90. The van der Waals surface area contributed by atoms with Crippen LogP contribution in [0.1, 0.15) is 0 Å². The van der Waals surface area contributed by atoms with Crippen LogP contribution in [0.3, 0.4) is 0 Å². The van der Waals surface area contributed by atoms with Gasteiger partial charge in [0.05, 0.1) is 30.0 Å². The number of nitrogens with zero attached hydrogens (tertiary/aromatic N) is 3. The summed E-state index contributed by atoms with van der Waals surface area (Å²) in [6.45, 7) is 4.47. The Morgan fingerprint density at radius 3 is 2.68 bits per heavy atom. The van der Waals surface area contributed by atoms with Gasteiger partial charge < -0.3 is 14.2 Å². The van der Waals surface area contributed by atoms with Gasteiger partial charge >= 0.3 is 0 Å². The van der Waals surface area contributed by atoms with Crippen molar-refractivity contribution in [3.05, 3.63) is 60.9 Å². The molecule has 1 saturated heterocycles. The fourth-order valence-corrected chi connectivity index (χ4v) is 7.43. The van der Waals surface area contributed by atoms with Crippen molar-refractivity contribution < 1.29 is 22.6 Å². The van der Waals surface area contributed by atoms with Gasteiger partial charge in [0.2, 0.25) is 0 Å². The molecular weight excluding hydrogens is 532 g/mol. The largest absolute Gasteiger partial charge is 0.493 e. The number of sulfonamides is 1. The molecule has 1 aliphatic rings. The van der Waals surface area contributed by atoms with E-state index in [4.69, 9.17) is 14.2 Å². The lowest BCUT2D eigenvalue weighted by molar-refractivity contribution is 0.0321. The number of anilines is 1. The summed E-state index contributed by atoms with van der Waals surface area (Å²) < 4.78 is 47.0. The zero-order valence-corrected chi connectivity index (χ0v) is 22.6. The second kappa shape index (κ2) is 11.7. The maximum atomic E-state index is 13.2. The summed E-state index contributed by atoms with van der Waals surface area (Å²) in [6.07, 6.45) is 1.33. The SMILES string of the molecule is COc1cc2c(NS(=O)(=O)c3ccc(Sc4ccccc4)s3)ncnc2cc1OCCN1CCOCC1. The number of aromatic nitrogens is 2. The van der Waals surface area contributed by atoms with Gasteiger partial charge in [-0.2, -0.15) is 0 Å². The number of rotatable bonds is 10. The molecule has 12 heteroatoms. The highest BCUT2D eigenvalue weighted by Gasteiger charge is 2.21. The molecule has 0 atom stereocenters. The highest BCUT2D eigenvalue weighted by atomic mass is 32.3. The fraction of sp³-hybridized carbons (Fsp3) is 0.280. The molecule has 5 rings (SSSR count). The van der Waals surface area contributed by atoms with Crippen LogP contribution in [0.4, 0.5) is 5.82 Å². The molecule has 0 saturated carbocycles. The first-order valence-electron chi connectivity index (χ1n) is 11.6. The molecule has 1 fully saturated rings. The van der Waals surface area contributed by atoms with E-state index >= 15 is 0 Å². The van der Waals surface area contributed by atoms with E-state index in [-0.39, 0.29) is 10.0 Å². The molecule has 9 nitrogen and oxygen atoms in total. The summed E-state index contributed by atoms with van der Waals surface area (Å²) in [4.78, 5) is 11.8. The van der Waals surface area contributed by atoms with Crippen LogP contribution in [-0.2, 0) is 14.8 Å². The lowest BCUT2D eigenvalue weighted by atomic mass is 10.2. The first-order valence-corrected chi connectivity index (χ1v) is 14.7. The van der Waals surface area contributed by atoms with Crippen LogP contribution in [0.15, 0.2) is 74.2 Å². The van der Waals surface area contributed by atoms with E-state index in [0.717, 1.165) is 42.0 Å². The molecule has 2 aromatic heterocycles. The van der Waals surface area contributed by atoms with Crippen molar-refractivity contribution in [2.75, 3.05) is 51.3 Å². The third-order valence-electron chi connectivity index (χ3n) is 5.70. The lowest BCUT2D eigenvalue weighted by Crippen LogP contribution is -2.38. The van der Waals surface area contributed by atoms with E-state index in [0.29, 0.717) is 29.0 Å². The molecule has 4 aromatic rings. The quantitative estimate of drug-likeness (QED) is 0.304. The summed E-state index contributed by atoms with van der Waals surface area (Å²) in [5, 5.41) is 0.513. The minimum Gasteiger partial charge on any atom is -0.493 e. The van der Waals surface area contributed by atoms with Gasteiger partial charge in [0.25, 0.3) is 10.0 Å². The van der Waals surface area contributed by atoms with Crippen LogP contribution in [0.25, 0.3) is 10.9 Å². The number of hydrogen-bond acceptors (Lipinski definition) is 10. The summed E-state index contributed by atoms with van der Waals surface area (Å²) in [6, 6.07) is 16.7. The first-order chi connectivity index (χ1) is 18.0. The zero-order valence-electron chi connectivity index (χ0n) is 20.1. The highest BCUT2D eigenvalue weighted by Crippen LogP contribution is 2.37. The third-order valence-corrected chi connectivity index (χ3v) is 9.76. The van der Waals surface area contributed by atoms with Crippen molar-refractivity contribution in [3.63, 3.8) is 0 Å². The molecule has 0 spiro atoms. The predicted octanol–water partition coefficient (Wildman–Crippen LogP) is 4.36. The van der Waals surface area contributed by atoms with Crippen LogP contribution in [0.2, 0.25) is 0 Å². The molecule has 0 unspecified atom stereocenters. The van der Waals surface area contributed by atoms with E-state index in [1.54, 1.807) is 31.4 Å². The van der Waals surface area contributed by atoms with Gasteiger partial charge in [-0.3, -0.25) is 9.62 Å². The smallest absolute Gasteiger partial charge is 0.272 e. The Morgan fingerprint density at radius 1 is 1.08 bits per heavy atom. The van der Waals surface area contributed by atoms with Crippen LogP contribution in [-0.4, -0.2) is 69.9 Å². The van der Waals surface area contributed by atoms with Crippen molar-refractivity contribution in [1.82, 2.24) is 14.9 Å². The number of benzene rings is 2. The monoisotopic (exact) mass is 558 g/mol. The average molecular weight is 559 g/mol. The van der Waals surface area contributed by atoms with E-state index < -0.39 is 10.0 Å². The van der Waals surface area contributed by atoms with Gasteiger partial charge in [-0.15, -0.1) is 11.3 Å². The van der Waals surface area contributed by atoms with E-state index in [9.17, 15) is 8.42 Å². The minimum atomic E-state index is -3.86. The van der Waals surface area contributed by atoms with Crippen LogP contribution in [0.5, 0.6) is 11.5 Å². The van der Waals surface area contributed by atoms with Gasteiger partial charge in [-0.25, -0.2) is 18.4 Å². The highest BCUT2D eigenvalue weighted by molar-refractivity contribution is 8.02. The molecule has 1 aliphatic heterocycles. The number of hydrogen-bond donors (Lipinski definition) is 1. The Morgan fingerprint density at radius 2 is 1.89 bits per heavy atom. The summed E-state index contributed by atoms with van der Waals surface area (Å²) in [5.74, 6) is 1.19. The number of morpholine rings is 1. The summed E-state index contributed by atoms with van der Waals surface area (Å²) in [5.41, 5.74) is 0.543. The Kier molecular flexibility index (Phi) is 8.11. The summed E-state index contributed by atoms with van der Waals surface area (Å²) in [7, 11) is -2.31. The molecule has 0 radical (unpaired) electrons. The third kappa shape index (κ3) is 6.33. The Labute approximate surface area is 223 Å². The van der Waals surface area contributed by atoms with Gasteiger partial charge in [-0.05, 0) is 30.3 Å². The predicted molar refractivity (Wildman–Crippen MR) is 145 cm³/mol. The minimum absolute atomic E-state index is 0.175. The van der Waals surface area contributed by atoms with Crippen molar-refractivity contribution in [3.8, 4) is 11.5 Å². The molecule has 0 amide bonds. The van der Waals surface area contributed by atoms with E-state index in [1.807, 2.05) is 30.3 Å². The van der Waals surface area contributed by atoms with Crippen LogP contribution in [0, 0.1) is 0 Å². The molecule has 1 N–H and O–H groups in total. The first kappa shape index (κ1) is 25.7. The Balaban J connectivity index is 1.33. The maximum Gasteiger partial charge on any atom is 0.272 e. The van der Waals surface area contributed by atoms with Gasteiger partial charge in [0, 0.05) is 36.0 Å². The molecule has 2 aromatic carbocycles. The van der Waals surface area contributed by atoms with Gasteiger partial charge in [-0.1, -0.05) is 30.0 Å². The number of thiophene rings is 1. The number of methoxy groups -OCH3 is 1. The second-order valence-electron chi connectivity index (χ2n) is 8.14. The van der Waals surface area contributed by atoms with Crippen molar-refractivity contribution in [2.24, 2.45) is 0 Å². The molecular formula is C25H26N4O5S3. The number of nitrogens with one attached hydrogen (secondary N) is 1. The molecule has 37 heavy (non-hydrogen) atoms. The molecule has 3 heterocycles. The van der Waals surface area contributed by atoms with Gasteiger partial charge in [0.15, 0.2) is 17.3 Å². The molecule has 0 bridgehead atoms. The van der Waals surface area contributed by atoms with Crippen molar-refractivity contribution >= 4 is 49.8 Å². The number of fused-ring (bicyclic) bond motifs is 1. The van der Waals surface area contributed by atoms with E-state index in [1.165, 1.54) is 29.4 Å². The standard InChI is InChI=1S/C25H26N4O5S3/c1-32-21-15-19-20(16-22(21)34-14-11-29-9-12-33-13-10-29)26-17-27-25(19)28-37(30,31)24-8-7-23(36-24)35-18-5-3-2-4-6-18/h2-8,15-17H,9-14H2,1H3,(H,26,27,28). The average Bonchev–Trinajstić information content (AvgIpc) is 3.39. The topological polar surface area (TPSA) is 103 Å². The maximum absolute atomic E-state index is 13.2. The lowest BCUT2D eigenvalue weighted by Gasteiger charge is -2.26. The normalized spacial score (nSPS) is 14.5. The molecule has 0 aliphatic carbocycles. The van der Waals surface area contributed by atoms with Crippen LogP contribution >= 0.6 is 23.1 Å². The Bertz CT molecular complexity index is 1460. The zero-order chi connectivity index (χ0) is 25.7. The summed E-state index contributed by atoms with van der Waals surface area (Å²) >= 11 is 2.72. The van der Waals surface area contributed by atoms with E-state index in [2.05, 4.69) is 19.6 Å². The van der Waals surface area contributed by atoms with Crippen molar-refractivity contribution in [1.29, 1.82) is 0 Å². The van der Waals surface area contributed by atoms with Crippen LogP contribution < -0.4 is 14.2 Å².